The van der Waals surface area contributed by atoms with Crippen LogP contribution in [0.15, 0.2) is 48.5 Å². The number of hydrogen-bond donors (Lipinski definition) is 1. The molecule has 1 atom stereocenters. The number of carbonyl (C=O) groups excluding carboxylic acids is 1. The zero-order chi connectivity index (χ0) is 18.6. The minimum absolute atomic E-state index is 0.301. The van der Waals surface area contributed by atoms with Gasteiger partial charge in [0, 0.05) is 15.7 Å². The molecule has 0 aliphatic heterocycles. The van der Waals surface area contributed by atoms with Crippen LogP contribution in [-0.4, -0.2) is 26.6 Å². The number of hydrogen-bond acceptors (Lipinski definition) is 3. The first kappa shape index (κ1) is 19.6. The Balaban J connectivity index is 2.34. The summed E-state index contributed by atoms with van der Waals surface area (Å²) >= 11 is 11.7. The number of amides is 1. The third-order valence-electron chi connectivity index (χ3n) is 3.52. The van der Waals surface area contributed by atoms with Crippen molar-refractivity contribution in [2.75, 3.05) is 15.9 Å². The van der Waals surface area contributed by atoms with E-state index in [2.05, 4.69) is 5.32 Å². The first-order valence-electron chi connectivity index (χ1n) is 7.53. The molecule has 0 radical (unpaired) electrons. The number of anilines is 2. The van der Waals surface area contributed by atoms with E-state index in [1.807, 2.05) is 0 Å². The van der Waals surface area contributed by atoms with Crippen molar-refractivity contribution in [3.8, 4) is 0 Å². The molecule has 0 spiro atoms. The predicted molar refractivity (Wildman–Crippen MR) is 103 cm³/mol. The number of rotatable bonds is 6. The van der Waals surface area contributed by atoms with E-state index in [0.717, 1.165) is 10.6 Å². The van der Waals surface area contributed by atoms with Crippen molar-refractivity contribution < 1.29 is 13.2 Å². The minimum Gasteiger partial charge on any atom is -0.324 e. The maximum atomic E-state index is 12.7. The molecule has 0 heterocycles. The standard InChI is InChI=1S/C17H18Cl2N2O3S/c1-3-16(17(22)20-14-8-4-12(18)5-9-14)21(25(2,23)24)15-10-6-13(19)7-11-15/h4-11,16H,3H2,1-2H3,(H,20,22). The van der Waals surface area contributed by atoms with Crippen molar-refractivity contribution in [1.29, 1.82) is 0 Å². The number of nitrogens with zero attached hydrogens (tertiary/aromatic N) is 1. The summed E-state index contributed by atoms with van der Waals surface area (Å²) in [5, 5.41) is 3.75. The molecule has 0 saturated heterocycles. The van der Waals surface area contributed by atoms with Gasteiger partial charge >= 0.3 is 0 Å². The lowest BCUT2D eigenvalue weighted by Crippen LogP contribution is -2.46. The van der Waals surface area contributed by atoms with Gasteiger partial charge in [-0.15, -0.1) is 0 Å². The van der Waals surface area contributed by atoms with E-state index in [1.165, 1.54) is 0 Å². The summed E-state index contributed by atoms with van der Waals surface area (Å²) in [6, 6.07) is 12.0. The van der Waals surface area contributed by atoms with E-state index >= 15 is 0 Å². The highest BCUT2D eigenvalue weighted by molar-refractivity contribution is 7.92. The van der Waals surface area contributed by atoms with Gasteiger partial charge in [0.25, 0.3) is 0 Å². The van der Waals surface area contributed by atoms with Crippen LogP contribution in [-0.2, 0) is 14.8 Å². The summed E-state index contributed by atoms with van der Waals surface area (Å²) in [6.07, 6.45) is 1.37. The van der Waals surface area contributed by atoms with E-state index in [4.69, 9.17) is 23.2 Å². The lowest BCUT2D eigenvalue weighted by Gasteiger charge is -2.30. The Bertz CT molecular complexity index is 837. The van der Waals surface area contributed by atoms with Gasteiger partial charge in [0.2, 0.25) is 15.9 Å². The molecule has 0 saturated carbocycles. The maximum Gasteiger partial charge on any atom is 0.248 e. The number of sulfonamides is 1. The van der Waals surface area contributed by atoms with E-state index < -0.39 is 22.0 Å². The molecule has 0 aliphatic rings. The van der Waals surface area contributed by atoms with Gasteiger partial charge in [0.05, 0.1) is 11.9 Å². The van der Waals surface area contributed by atoms with Crippen LogP contribution in [0, 0.1) is 0 Å². The van der Waals surface area contributed by atoms with E-state index in [1.54, 1.807) is 55.5 Å². The van der Waals surface area contributed by atoms with Crippen molar-refractivity contribution in [1.82, 2.24) is 0 Å². The van der Waals surface area contributed by atoms with Gasteiger partial charge in [-0.3, -0.25) is 9.10 Å². The SMILES string of the molecule is CCC(C(=O)Nc1ccc(Cl)cc1)N(c1ccc(Cl)cc1)S(C)(=O)=O. The summed E-state index contributed by atoms with van der Waals surface area (Å²) in [5.41, 5.74) is 0.919. The average Bonchev–Trinajstić information content (AvgIpc) is 2.54. The number of nitrogens with one attached hydrogen (secondary N) is 1. The third-order valence-corrected chi connectivity index (χ3v) is 5.21. The highest BCUT2D eigenvalue weighted by Crippen LogP contribution is 2.25. The fourth-order valence-electron chi connectivity index (χ4n) is 2.41. The molecular formula is C17H18Cl2N2O3S. The fourth-order valence-corrected chi connectivity index (χ4v) is 3.87. The molecule has 0 bridgehead atoms. The molecule has 25 heavy (non-hydrogen) atoms. The van der Waals surface area contributed by atoms with Gasteiger partial charge in [-0.2, -0.15) is 0 Å². The topological polar surface area (TPSA) is 66.5 Å². The van der Waals surface area contributed by atoms with Crippen LogP contribution < -0.4 is 9.62 Å². The summed E-state index contributed by atoms with van der Waals surface area (Å²) in [4.78, 5) is 12.7. The van der Waals surface area contributed by atoms with Crippen molar-refractivity contribution in [2.45, 2.75) is 19.4 Å². The lowest BCUT2D eigenvalue weighted by molar-refractivity contribution is -0.117. The average molecular weight is 401 g/mol. The van der Waals surface area contributed by atoms with Crippen molar-refractivity contribution in [2.24, 2.45) is 0 Å². The van der Waals surface area contributed by atoms with Gasteiger partial charge in [-0.25, -0.2) is 8.42 Å². The summed E-state index contributed by atoms with van der Waals surface area (Å²) in [6.45, 7) is 1.75. The number of benzene rings is 2. The zero-order valence-corrected chi connectivity index (χ0v) is 16.1. The largest absolute Gasteiger partial charge is 0.324 e. The first-order valence-corrected chi connectivity index (χ1v) is 10.1. The number of carbonyl (C=O) groups is 1. The molecule has 1 unspecified atom stereocenters. The highest BCUT2D eigenvalue weighted by Gasteiger charge is 2.31. The van der Waals surface area contributed by atoms with Crippen molar-refractivity contribution in [3.05, 3.63) is 58.6 Å². The van der Waals surface area contributed by atoms with Gasteiger partial charge in [0.15, 0.2) is 0 Å². The Labute approximate surface area is 157 Å². The van der Waals surface area contributed by atoms with E-state index in [0.29, 0.717) is 27.8 Å². The molecule has 2 rings (SSSR count). The Morgan fingerprint density at radius 2 is 1.52 bits per heavy atom. The molecule has 1 N–H and O–H groups in total. The Morgan fingerprint density at radius 3 is 1.96 bits per heavy atom. The molecule has 2 aromatic carbocycles. The summed E-state index contributed by atoms with van der Waals surface area (Å²) < 4.78 is 25.7. The highest BCUT2D eigenvalue weighted by atomic mass is 35.5. The fraction of sp³-hybridized carbons (Fsp3) is 0.235. The van der Waals surface area contributed by atoms with E-state index in [-0.39, 0.29) is 0 Å². The predicted octanol–water partition coefficient (Wildman–Crippen LogP) is 4.18. The minimum atomic E-state index is -3.68. The molecule has 0 fully saturated rings. The molecule has 0 aromatic heterocycles. The van der Waals surface area contributed by atoms with Crippen LogP contribution in [0.2, 0.25) is 10.0 Å². The second-order valence-electron chi connectivity index (χ2n) is 5.46. The van der Waals surface area contributed by atoms with E-state index in [9.17, 15) is 13.2 Å². The quantitative estimate of drug-likeness (QED) is 0.790. The Morgan fingerprint density at radius 1 is 1.04 bits per heavy atom. The Hall–Kier alpha value is -1.76. The van der Waals surface area contributed by atoms with Gasteiger partial charge in [0.1, 0.15) is 6.04 Å². The van der Waals surface area contributed by atoms with Crippen LogP contribution in [0.1, 0.15) is 13.3 Å². The zero-order valence-electron chi connectivity index (χ0n) is 13.7. The third kappa shape index (κ3) is 5.11. The molecule has 134 valence electrons. The molecule has 0 aliphatic carbocycles. The number of halogens is 2. The van der Waals surface area contributed by atoms with Crippen molar-refractivity contribution >= 4 is 50.5 Å². The van der Waals surface area contributed by atoms with Crippen LogP contribution in [0.5, 0.6) is 0 Å². The molecule has 1 amide bonds. The summed E-state index contributed by atoms with van der Waals surface area (Å²) in [7, 11) is -3.68. The van der Waals surface area contributed by atoms with Crippen LogP contribution in [0.4, 0.5) is 11.4 Å². The normalized spacial score (nSPS) is 12.5. The summed E-state index contributed by atoms with van der Waals surface area (Å²) in [5.74, 6) is -0.426. The first-order chi connectivity index (χ1) is 11.7. The molecule has 2 aromatic rings. The second-order valence-corrected chi connectivity index (χ2v) is 8.19. The van der Waals surface area contributed by atoms with Crippen LogP contribution in [0.3, 0.4) is 0 Å². The second kappa shape index (κ2) is 8.08. The van der Waals surface area contributed by atoms with Crippen molar-refractivity contribution in [3.63, 3.8) is 0 Å². The molecule has 8 heteroatoms. The van der Waals surface area contributed by atoms with Gasteiger partial charge in [-0.05, 0) is 55.0 Å². The maximum absolute atomic E-state index is 12.7. The Kier molecular flexibility index (Phi) is 6.32. The van der Waals surface area contributed by atoms with Gasteiger partial charge in [-0.1, -0.05) is 30.1 Å². The van der Waals surface area contributed by atoms with Crippen LogP contribution >= 0.6 is 23.2 Å². The monoisotopic (exact) mass is 400 g/mol. The molecular weight excluding hydrogens is 383 g/mol. The van der Waals surface area contributed by atoms with Gasteiger partial charge < -0.3 is 5.32 Å². The van der Waals surface area contributed by atoms with Crippen LogP contribution in [0.25, 0.3) is 0 Å². The molecule has 5 nitrogen and oxygen atoms in total. The lowest BCUT2D eigenvalue weighted by atomic mass is 10.2. The smallest absolute Gasteiger partial charge is 0.248 e.